The van der Waals surface area contributed by atoms with Gasteiger partial charge in [0.1, 0.15) is 5.75 Å². The molecule has 0 radical (unpaired) electrons. The van der Waals surface area contributed by atoms with Crippen molar-refractivity contribution < 1.29 is 4.74 Å². The van der Waals surface area contributed by atoms with Gasteiger partial charge in [0.25, 0.3) is 0 Å². The predicted molar refractivity (Wildman–Crippen MR) is 92.1 cm³/mol. The summed E-state index contributed by atoms with van der Waals surface area (Å²) in [5.41, 5.74) is 3.11. The van der Waals surface area contributed by atoms with Crippen molar-refractivity contribution >= 4 is 34.4 Å². The lowest BCUT2D eigenvalue weighted by molar-refractivity contribution is 0.190. The molecule has 2 heterocycles. The van der Waals surface area contributed by atoms with E-state index in [4.69, 9.17) is 4.74 Å². The van der Waals surface area contributed by atoms with Gasteiger partial charge in [-0.15, -0.1) is 28.7 Å². The van der Waals surface area contributed by atoms with Gasteiger partial charge in [0, 0.05) is 25.4 Å². The van der Waals surface area contributed by atoms with E-state index in [-0.39, 0.29) is 17.0 Å². The summed E-state index contributed by atoms with van der Waals surface area (Å²) >= 11 is 1.89. The Kier molecular flexibility index (Phi) is 4.30. The van der Waals surface area contributed by atoms with Gasteiger partial charge >= 0.3 is 0 Å². The van der Waals surface area contributed by atoms with Crippen molar-refractivity contribution in [1.29, 1.82) is 0 Å². The van der Waals surface area contributed by atoms with Crippen molar-refractivity contribution in [3.05, 3.63) is 34.4 Å². The van der Waals surface area contributed by atoms with E-state index in [0.29, 0.717) is 0 Å². The molecule has 20 heavy (non-hydrogen) atoms. The minimum absolute atomic E-state index is 0. The van der Waals surface area contributed by atoms with Crippen LogP contribution in [0.2, 0.25) is 0 Å². The van der Waals surface area contributed by atoms with E-state index in [2.05, 4.69) is 56.2 Å². The summed E-state index contributed by atoms with van der Waals surface area (Å²) < 4.78 is 6.16. The highest BCUT2D eigenvalue weighted by Gasteiger charge is 2.34. The first kappa shape index (κ1) is 15.6. The van der Waals surface area contributed by atoms with Crippen LogP contribution in [0, 0.1) is 13.8 Å². The second kappa shape index (κ2) is 5.53. The molecule has 1 N–H and O–H groups in total. The van der Waals surface area contributed by atoms with Crippen molar-refractivity contribution in [3.8, 4) is 5.75 Å². The zero-order chi connectivity index (χ0) is 13.6. The van der Waals surface area contributed by atoms with Crippen LogP contribution in [-0.4, -0.2) is 30.0 Å². The zero-order valence-corrected chi connectivity index (χ0v) is 14.8. The molecule has 2 aliphatic heterocycles. The number of anilines is 1. The molecule has 0 saturated carbocycles. The fraction of sp³-hybridized carbons (Fsp3) is 0.467. The van der Waals surface area contributed by atoms with Gasteiger partial charge < -0.3 is 15.0 Å². The Hall–Kier alpha value is -0.810. The molecule has 1 aromatic rings. The minimum Gasteiger partial charge on any atom is -0.462 e. The van der Waals surface area contributed by atoms with Crippen molar-refractivity contribution in [2.45, 2.75) is 26.5 Å². The average Bonchev–Trinajstić information content (AvgIpc) is 2.83. The summed E-state index contributed by atoms with van der Waals surface area (Å²) in [5.74, 6) is 2.14. The maximum Gasteiger partial charge on any atom is 0.200 e. The summed E-state index contributed by atoms with van der Waals surface area (Å²) in [7, 11) is 2.13. The topological polar surface area (TPSA) is 24.5 Å². The number of rotatable bonds is 1. The van der Waals surface area contributed by atoms with Gasteiger partial charge in [-0.3, -0.25) is 0 Å². The first-order valence-corrected chi connectivity index (χ1v) is 7.61. The molecular formula is C15H21BrN2OS. The van der Waals surface area contributed by atoms with Crippen molar-refractivity contribution in [1.82, 2.24) is 4.90 Å². The number of fused-ring (bicyclic) bond motifs is 1. The van der Waals surface area contributed by atoms with Gasteiger partial charge in [-0.1, -0.05) is 6.07 Å². The molecule has 110 valence electrons. The van der Waals surface area contributed by atoms with Crippen LogP contribution in [-0.2, 0) is 0 Å². The molecule has 0 spiro atoms. The number of nitrogens with zero attached hydrogens (tertiary/aromatic N) is 1. The van der Waals surface area contributed by atoms with Gasteiger partial charge in [-0.2, -0.15) is 0 Å². The summed E-state index contributed by atoms with van der Waals surface area (Å²) in [6.07, 6.45) is 2.19. The molecule has 0 bridgehead atoms. The van der Waals surface area contributed by atoms with Crippen molar-refractivity contribution in [2.75, 3.05) is 24.7 Å². The van der Waals surface area contributed by atoms with E-state index in [1.165, 1.54) is 16.2 Å². The lowest BCUT2D eigenvalue weighted by atomic mass is 10.1. The van der Waals surface area contributed by atoms with Gasteiger partial charge in [-0.25, -0.2) is 0 Å². The fourth-order valence-corrected chi connectivity index (χ4v) is 3.84. The van der Waals surface area contributed by atoms with Gasteiger partial charge in [0.2, 0.25) is 0 Å². The molecule has 3 nitrogen and oxygen atoms in total. The molecule has 3 rings (SSSR count). The third-order valence-electron chi connectivity index (χ3n) is 3.57. The third kappa shape index (κ3) is 2.79. The average molecular weight is 357 g/mol. The molecule has 2 aliphatic rings. The van der Waals surface area contributed by atoms with Crippen LogP contribution in [0.3, 0.4) is 0 Å². The molecule has 0 aliphatic carbocycles. The van der Waals surface area contributed by atoms with Gasteiger partial charge in [0.05, 0.1) is 10.7 Å². The highest BCUT2D eigenvalue weighted by Crippen LogP contribution is 2.42. The van der Waals surface area contributed by atoms with E-state index in [9.17, 15) is 0 Å². The molecule has 0 amide bonds. The van der Waals surface area contributed by atoms with E-state index in [0.717, 1.165) is 23.7 Å². The molecule has 1 atom stereocenters. The maximum absolute atomic E-state index is 6.16. The Bertz CT molecular complexity index is 561. The van der Waals surface area contributed by atoms with Crippen LogP contribution in [0.25, 0.3) is 0 Å². The van der Waals surface area contributed by atoms with Crippen molar-refractivity contribution in [3.63, 3.8) is 0 Å². The number of thioether (sulfide) groups is 1. The number of benzene rings is 1. The van der Waals surface area contributed by atoms with E-state index in [1.807, 2.05) is 11.8 Å². The Morgan fingerprint density at radius 2 is 2.15 bits per heavy atom. The Morgan fingerprint density at radius 3 is 2.80 bits per heavy atom. The quantitative estimate of drug-likeness (QED) is 0.823. The lowest BCUT2D eigenvalue weighted by Gasteiger charge is -2.23. The fourth-order valence-electron chi connectivity index (χ4n) is 2.65. The van der Waals surface area contributed by atoms with Crippen LogP contribution < -0.4 is 10.1 Å². The summed E-state index contributed by atoms with van der Waals surface area (Å²) in [4.78, 5) is 2.28. The number of hydrogen-bond acceptors (Lipinski definition) is 4. The predicted octanol–water partition coefficient (Wildman–Crippen LogP) is 3.92. The van der Waals surface area contributed by atoms with Gasteiger partial charge in [-0.05, 0) is 38.0 Å². The van der Waals surface area contributed by atoms with Crippen molar-refractivity contribution in [2.24, 2.45) is 0 Å². The standard InChI is InChI=1S/C15H20N2OS.BrH/c1-10-7-11(2)14-12(8-10)16-15(3,18-14)9-13-17(4)5-6-19-13;/h7-9,16H,5-6H2,1-4H3;1H. The highest BCUT2D eigenvalue weighted by atomic mass is 79.9. The Balaban J connectivity index is 0.00000147. The molecule has 1 aromatic carbocycles. The van der Waals surface area contributed by atoms with Crippen LogP contribution in [0.1, 0.15) is 18.1 Å². The number of hydrogen-bond donors (Lipinski definition) is 1. The number of halogens is 1. The normalized spacial score (nSPS) is 26.0. The molecule has 1 fully saturated rings. The summed E-state index contributed by atoms with van der Waals surface area (Å²) in [6.45, 7) is 7.41. The second-order valence-electron chi connectivity index (χ2n) is 5.55. The van der Waals surface area contributed by atoms with Gasteiger partial charge in [0.15, 0.2) is 5.72 Å². The van der Waals surface area contributed by atoms with Crippen LogP contribution >= 0.6 is 28.7 Å². The van der Waals surface area contributed by atoms with E-state index in [1.54, 1.807) is 0 Å². The maximum atomic E-state index is 6.16. The largest absolute Gasteiger partial charge is 0.462 e. The Morgan fingerprint density at radius 1 is 1.40 bits per heavy atom. The molecular weight excluding hydrogens is 336 g/mol. The highest BCUT2D eigenvalue weighted by molar-refractivity contribution is 8.93. The van der Waals surface area contributed by atoms with Crippen LogP contribution in [0.4, 0.5) is 5.69 Å². The smallest absolute Gasteiger partial charge is 0.200 e. The Labute approximate surface area is 135 Å². The number of nitrogens with one attached hydrogen (secondary N) is 1. The monoisotopic (exact) mass is 356 g/mol. The number of ether oxygens (including phenoxy) is 1. The first-order chi connectivity index (χ1) is 8.97. The van der Waals surface area contributed by atoms with Crippen LogP contribution in [0.5, 0.6) is 5.75 Å². The molecule has 0 aromatic heterocycles. The molecule has 5 heteroatoms. The zero-order valence-electron chi connectivity index (χ0n) is 12.3. The third-order valence-corrected chi connectivity index (χ3v) is 4.68. The molecule has 1 saturated heterocycles. The number of aryl methyl sites for hydroxylation is 2. The SMILES string of the molecule is Br.Cc1cc(C)c2c(c1)NC(C)(C=C1SCCN1C)O2. The first-order valence-electron chi connectivity index (χ1n) is 6.62. The van der Waals surface area contributed by atoms with Crippen LogP contribution in [0.15, 0.2) is 23.2 Å². The summed E-state index contributed by atoms with van der Waals surface area (Å²) in [6, 6.07) is 4.31. The summed E-state index contributed by atoms with van der Waals surface area (Å²) in [5, 5.41) is 4.79. The van der Waals surface area contributed by atoms with E-state index < -0.39 is 5.72 Å². The molecule has 1 unspecified atom stereocenters. The minimum atomic E-state index is -0.443. The van der Waals surface area contributed by atoms with E-state index >= 15 is 0 Å². The second-order valence-corrected chi connectivity index (χ2v) is 6.66. The lowest BCUT2D eigenvalue weighted by Crippen LogP contribution is -2.35.